The highest BCUT2D eigenvalue weighted by atomic mass is 16.5. The third kappa shape index (κ3) is 6.76. The second-order valence-corrected chi connectivity index (χ2v) is 11.0. The Bertz CT molecular complexity index is 1310. The van der Waals surface area contributed by atoms with E-state index in [1.807, 2.05) is 25.2 Å². The van der Waals surface area contributed by atoms with Crippen molar-refractivity contribution < 1.29 is 9.53 Å². The molecule has 1 aliphatic rings. The topological polar surface area (TPSA) is 92.8 Å². The molecule has 3 heterocycles. The quantitative estimate of drug-likeness (QED) is 0.431. The lowest BCUT2D eigenvalue weighted by Gasteiger charge is -2.23. The lowest BCUT2D eigenvalue weighted by molar-refractivity contribution is -0.117. The highest BCUT2D eigenvalue weighted by Gasteiger charge is 2.22. The fraction of sp³-hybridized carbons (Fsp3) is 0.467. The summed E-state index contributed by atoms with van der Waals surface area (Å²) in [5.41, 5.74) is 5.75. The number of aryl methyl sites for hydroxylation is 2. The number of nitrogens with one attached hydrogen (secondary N) is 1. The number of nitrogens with zero attached hydrogens (tertiary/aromatic N) is 4. The van der Waals surface area contributed by atoms with Crippen LogP contribution in [0.5, 0.6) is 5.88 Å². The average Bonchev–Trinajstić information content (AvgIpc) is 3.21. The number of nitriles is 1. The van der Waals surface area contributed by atoms with Crippen LogP contribution in [0.2, 0.25) is 0 Å². The molecule has 1 unspecified atom stereocenters. The van der Waals surface area contributed by atoms with Gasteiger partial charge in [-0.25, -0.2) is 9.67 Å². The maximum Gasteiger partial charge on any atom is 0.211 e. The monoisotopic (exact) mass is 499 g/mol. The molecule has 37 heavy (non-hydrogen) atoms. The Labute approximate surface area is 219 Å². The molecule has 0 bridgehead atoms. The number of pyridine rings is 1. The molecule has 0 amide bonds. The highest BCUT2D eigenvalue weighted by Crippen LogP contribution is 2.31. The van der Waals surface area contributed by atoms with Gasteiger partial charge in [0.2, 0.25) is 5.88 Å². The fourth-order valence-electron chi connectivity index (χ4n) is 4.80. The zero-order valence-corrected chi connectivity index (χ0v) is 22.6. The number of rotatable bonds is 9. The van der Waals surface area contributed by atoms with Crippen molar-refractivity contribution >= 4 is 11.6 Å². The van der Waals surface area contributed by atoms with E-state index in [0.717, 1.165) is 47.7 Å². The molecule has 1 atom stereocenters. The minimum Gasteiger partial charge on any atom is -0.477 e. The molecule has 3 aromatic rings. The van der Waals surface area contributed by atoms with Crippen LogP contribution in [0.3, 0.4) is 0 Å². The molecular weight excluding hydrogens is 462 g/mol. The number of ether oxygens (including phenoxy) is 1. The van der Waals surface area contributed by atoms with Crippen LogP contribution < -0.4 is 10.1 Å². The number of ketones is 1. The molecule has 0 saturated carbocycles. The number of carbonyl (C=O) groups excluding carboxylic acids is 1. The van der Waals surface area contributed by atoms with E-state index >= 15 is 0 Å². The van der Waals surface area contributed by atoms with Crippen LogP contribution in [0.25, 0.3) is 0 Å². The summed E-state index contributed by atoms with van der Waals surface area (Å²) in [6, 6.07) is 14.5. The molecule has 0 radical (unpaired) electrons. The van der Waals surface area contributed by atoms with E-state index in [9.17, 15) is 10.1 Å². The minimum absolute atomic E-state index is 0.0677. The van der Waals surface area contributed by atoms with Gasteiger partial charge in [-0.3, -0.25) is 0 Å². The van der Waals surface area contributed by atoms with Crippen molar-refractivity contribution in [1.29, 1.82) is 5.26 Å². The number of Topliss-reactive ketones (excluding diaryl/α,β-unsaturated/α-hetero) is 1. The third-order valence-corrected chi connectivity index (χ3v) is 6.86. The van der Waals surface area contributed by atoms with Gasteiger partial charge in [-0.1, -0.05) is 32.9 Å². The molecule has 194 valence electrons. The van der Waals surface area contributed by atoms with Gasteiger partial charge in [0.15, 0.2) is 0 Å². The Kier molecular flexibility index (Phi) is 7.97. The van der Waals surface area contributed by atoms with E-state index in [-0.39, 0.29) is 17.1 Å². The van der Waals surface area contributed by atoms with Crippen molar-refractivity contribution in [2.45, 2.75) is 71.1 Å². The minimum atomic E-state index is -0.0998. The van der Waals surface area contributed by atoms with Gasteiger partial charge in [-0.15, -0.1) is 0 Å². The van der Waals surface area contributed by atoms with E-state index in [1.54, 1.807) is 11.6 Å². The average molecular weight is 500 g/mol. The summed E-state index contributed by atoms with van der Waals surface area (Å²) in [5.74, 6) is 1.73. The second kappa shape index (κ2) is 11.2. The molecule has 0 saturated heterocycles. The van der Waals surface area contributed by atoms with Crippen molar-refractivity contribution in [3.8, 4) is 11.9 Å². The van der Waals surface area contributed by atoms with Gasteiger partial charge in [-0.05, 0) is 72.4 Å². The lowest BCUT2D eigenvalue weighted by atomic mass is 9.81. The van der Waals surface area contributed by atoms with Crippen molar-refractivity contribution in [1.82, 2.24) is 14.8 Å². The van der Waals surface area contributed by atoms with Gasteiger partial charge >= 0.3 is 0 Å². The zero-order chi connectivity index (χ0) is 26.6. The van der Waals surface area contributed by atoms with Gasteiger partial charge in [0, 0.05) is 38.2 Å². The van der Waals surface area contributed by atoms with Crippen LogP contribution in [0, 0.1) is 11.3 Å². The Balaban J connectivity index is 1.47. The number of hydrogen-bond donors (Lipinski definition) is 1. The van der Waals surface area contributed by atoms with Crippen LogP contribution in [-0.4, -0.2) is 33.7 Å². The maximum absolute atomic E-state index is 12.2. The number of fused-ring (bicyclic) bond motifs is 1. The Morgan fingerprint density at radius 1 is 1.22 bits per heavy atom. The molecule has 7 nitrogen and oxygen atoms in total. The predicted octanol–water partition coefficient (Wildman–Crippen LogP) is 5.27. The summed E-state index contributed by atoms with van der Waals surface area (Å²) in [6.45, 7) is 9.48. The van der Waals surface area contributed by atoms with E-state index in [0.29, 0.717) is 37.3 Å². The molecule has 0 aliphatic carbocycles. The van der Waals surface area contributed by atoms with E-state index < -0.39 is 0 Å². The van der Waals surface area contributed by atoms with Crippen LogP contribution in [0.1, 0.15) is 80.1 Å². The molecule has 1 N–H and O–H groups in total. The maximum atomic E-state index is 12.2. The van der Waals surface area contributed by atoms with Crippen LogP contribution in [0.15, 0.2) is 36.4 Å². The molecule has 7 heteroatoms. The van der Waals surface area contributed by atoms with Gasteiger partial charge < -0.3 is 14.8 Å². The Morgan fingerprint density at radius 3 is 2.76 bits per heavy atom. The van der Waals surface area contributed by atoms with Crippen molar-refractivity contribution in [2.75, 3.05) is 18.5 Å². The lowest BCUT2D eigenvalue weighted by Crippen LogP contribution is -2.14. The van der Waals surface area contributed by atoms with Gasteiger partial charge in [-0.2, -0.15) is 10.4 Å². The van der Waals surface area contributed by atoms with E-state index in [4.69, 9.17) is 9.72 Å². The SMILES string of the molecule is CC(=O)CC(Cc1cc(OCCc2ccc3c(n2)NCCC3)n(C)n1)c1cc(C#N)cc(C(C)(C)C)c1. The highest BCUT2D eigenvalue weighted by molar-refractivity contribution is 5.76. The van der Waals surface area contributed by atoms with Crippen molar-refractivity contribution in [3.63, 3.8) is 0 Å². The first-order valence-corrected chi connectivity index (χ1v) is 13.1. The summed E-state index contributed by atoms with van der Waals surface area (Å²) in [7, 11) is 1.87. The molecule has 0 spiro atoms. The van der Waals surface area contributed by atoms with Crippen LogP contribution in [0.4, 0.5) is 5.82 Å². The summed E-state index contributed by atoms with van der Waals surface area (Å²) in [6.07, 6.45) is 3.91. The molecular formula is C30H37N5O2. The zero-order valence-electron chi connectivity index (χ0n) is 22.6. The van der Waals surface area contributed by atoms with Gasteiger partial charge in [0.1, 0.15) is 11.6 Å². The summed E-state index contributed by atoms with van der Waals surface area (Å²) in [5, 5.41) is 17.7. The molecule has 1 aromatic carbocycles. The first-order valence-electron chi connectivity index (χ1n) is 13.1. The molecule has 0 fully saturated rings. The molecule has 1 aliphatic heterocycles. The number of benzene rings is 1. The number of carbonyl (C=O) groups is 1. The standard InChI is InChI=1S/C30H37N5O2/c1-20(36)13-23(24-14-21(19-31)15-25(16-24)30(2,3)4)17-27-18-28(35(5)34-27)37-12-10-26-9-8-22-7-6-11-32-29(22)33-26/h8-9,14-16,18,23H,6-7,10-13,17H2,1-5H3,(H,32,33). The van der Waals surface area contributed by atoms with Crippen molar-refractivity contribution in [2.24, 2.45) is 7.05 Å². The predicted molar refractivity (Wildman–Crippen MR) is 145 cm³/mol. The number of anilines is 1. The van der Waals surface area contributed by atoms with Crippen LogP contribution in [-0.2, 0) is 36.5 Å². The Morgan fingerprint density at radius 2 is 2.03 bits per heavy atom. The summed E-state index contributed by atoms with van der Waals surface area (Å²) >= 11 is 0. The summed E-state index contributed by atoms with van der Waals surface area (Å²) in [4.78, 5) is 16.9. The van der Waals surface area contributed by atoms with E-state index in [2.05, 4.69) is 55.5 Å². The Hall–Kier alpha value is -3.66. The summed E-state index contributed by atoms with van der Waals surface area (Å²) < 4.78 is 7.81. The normalized spacial score (nSPS) is 13.8. The first-order chi connectivity index (χ1) is 17.6. The molecule has 4 rings (SSSR count). The molecule has 2 aromatic heterocycles. The van der Waals surface area contributed by atoms with Crippen LogP contribution >= 0.6 is 0 Å². The second-order valence-electron chi connectivity index (χ2n) is 11.0. The third-order valence-electron chi connectivity index (χ3n) is 6.86. The van der Waals surface area contributed by atoms with Gasteiger partial charge in [0.25, 0.3) is 0 Å². The smallest absolute Gasteiger partial charge is 0.211 e. The fourth-order valence-corrected chi connectivity index (χ4v) is 4.80. The first kappa shape index (κ1) is 26.4. The van der Waals surface area contributed by atoms with E-state index in [1.165, 1.54) is 5.56 Å². The van der Waals surface area contributed by atoms with Gasteiger partial charge in [0.05, 0.1) is 23.9 Å². The van der Waals surface area contributed by atoms with Crippen molar-refractivity contribution in [3.05, 3.63) is 70.0 Å². The number of aromatic nitrogens is 3. The number of hydrogen-bond acceptors (Lipinski definition) is 6. The largest absolute Gasteiger partial charge is 0.477 e.